The van der Waals surface area contributed by atoms with Crippen molar-refractivity contribution in [2.45, 2.75) is 65.0 Å². The minimum absolute atomic E-state index is 0.151. The Morgan fingerprint density at radius 2 is 1.35 bits per heavy atom. The first-order valence-corrected chi connectivity index (χ1v) is 7.98. The average Bonchev–Trinajstić information content (AvgIpc) is 2.40. The zero-order chi connectivity index (χ0) is 20.3. The van der Waals surface area contributed by atoms with Crippen molar-refractivity contribution in [1.29, 1.82) is 0 Å². The maximum absolute atomic E-state index is 12.7. The van der Waals surface area contributed by atoms with Gasteiger partial charge in [-0.15, -0.1) is 0 Å². The van der Waals surface area contributed by atoms with E-state index in [9.17, 15) is 22.8 Å². The van der Waals surface area contributed by atoms with E-state index in [4.69, 9.17) is 9.47 Å². The summed E-state index contributed by atoms with van der Waals surface area (Å²) < 4.78 is 48.5. The van der Waals surface area contributed by atoms with Gasteiger partial charge < -0.3 is 14.8 Å². The third kappa shape index (κ3) is 7.33. The molecule has 146 valence electrons. The second kappa shape index (κ2) is 7.55. The fraction of sp³-hybridized carbons (Fsp3) is 0.556. The Kier molecular flexibility index (Phi) is 6.33. The Labute approximate surface area is 150 Å². The molecule has 0 spiro atoms. The van der Waals surface area contributed by atoms with Gasteiger partial charge in [-0.3, -0.25) is 0 Å². The summed E-state index contributed by atoms with van der Waals surface area (Å²) >= 11 is 0. The largest absolute Gasteiger partial charge is 0.458 e. The first-order chi connectivity index (χ1) is 11.6. The molecule has 5 nitrogen and oxygen atoms in total. The van der Waals surface area contributed by atoms with E-state index in [0.717, 1.165) is 24.3 Å². The van der Waals surface area contributed by atoms with Crippen molar-refractivity contribution in [1.82, 2.24) is 5.32 Å². The van der Waals surface area contributed by atoms with Crippen molar-refractivity contribution in [2.24, 2.45) is 0 Å². The molecule has 0 saturated carbocycles. The van der Waals surface area contributed by atoms with Crippen LogP contribution in [-0.2, 0) is 20.4 Å². The summed E-state index contributed by atoms with van der Waals surface area (Å²) in [6.07, 6.45) is -5.38. The number of halogens is 3. The highest BCUT2D eigenvalue weighted by molar-refractivity contribution is 5.83. The Morgan fingerprint density at radius 3 is 1.73 bits per heavy atom. The lowest BCUT2D eigenvalue weighted by Gasteiger charge is -2.26. The van der Waals surface area contributed by atoms with Crippen LogP contribution >= 0.6 is 0 Å². The molecule has 0 fully saturated rings. The number of hydrogen-bond donors (Lipinski definition) is 1. The van der Waals surface area contributed by atoms with Gasteiger partial charge in [0.05, 0.1) is 5.56 Å². The maximum Gasteiger partial charge on any atom is 0.416 e. The normalized spacial score (nSPS) is 13.7. The Hall–Kier alpha value is -2.25. The monoisotopic (exact) mass is 375 g/mol. The molecule has 0 bridgehead atoms. The lowest BCUT2D eigenvalue weighted by Crippen LogP contribution is -2.40. The van der Waals surface area contributed by atoms with E-state index in [2.05, 4.69) is 5.32 Å². The standard InChI is InChI=1S/C18H24F3NO4/c1-16(2,3)25-14(23)13(22-15(24)26-17(4,5)6)11-7-9-12(10-8-11)18(19,20)21/h7-10,13H,1-6H3,(H,22,24)/t13-/m0/s1. The predicted octanol–water partition coefficient (Wildman–Crippen LogP) is 4.61. The number of alkyl carbamates (subject to hydrolysis) is 1. The van der Waals surface area contributed by atoms with Crippen molar-refractivity contribution >= 4 is 12.1 Å². The topological polar surface area (TPSA) is 64.6 Å². The van der Waals surface area contributed by atoms with Gasteiger partial charge in [-0.2, -0.15) is 13.2 Å². The molecule has 0 unspecified atom stereocenters. The number of esters is 1. The summed E-state index contributed by atoms with van der Waals surface area (Å²) in [7, 11) is 0. The molecule has 0 radical (unpaired) electrons. The van der Waals surface area contributed by atoms with E-state index in [1.54, 1.807) is 41.5 Å². The van der Waals surface area contributed by atoms with Crippen LogP contribution in [0.1, 0.15) is 58.7 Å². The summed E-state index contributed by atoms with van der Waals surface area (Å²) in [5.74, 6) is -0.803. The van der Waals surface area contributed by atoms with Crippen molar-refractivity contribution in [3.8, 4) is 0 Å². The number of nitrogens with one attached hydrogen (secondary N) is 1. The van der Waals surface area contributed by atoms with Gasteiger partial charge in [0.1, 0.15) is 11.2 Å². The highest BCUT2D eigenvalue weighted by Crippen LogP contribution is 2.30. The molecule has 0 aromatic heterocycles. The van der Waals surface area contributed by atoms with Gasteiger partial charge in [-0.1, -0.05) is 12.1 Å². The van der Waals surface area contributed by atoms with Crippen molar-refractivity contribution < 1.29 is 32.2 Å². The van der Waals surface area contributed by atoms with E-state index in [1.165, 1.54) is 0 Å². The molecule has 1 amide bonds. The third-order valence-electron chi connectivity index (χ3n) is 2.87. The van der Waals surface area contributed by atoms with E-state index >= 15 is 0 Å². The van der Waals surface area contributed by atoms with Gasteiger partial charge in [-0.25, -0.2) is 9.59 Å². The van der Waals surface area contributed by atoms with Crippen LogP contribution in [0.25, 0.3) is 0 Å². The second-order valence-corrected chi connectivity index (χ2v) is 7.73. The molecular formula is C18H24F3NO4. The van der Waals surface area contributed by atoms with Gasteiger partial charge in [0.25, 0.3) is 0 Å². The Morgan fingerprint density at radius 1 is 0.885 bits per heavy atom. The first kappa shape index (κ1) is 21.8. The molecule has 1 aromatic carbocycles. The van der Waals surface area contributed by atoms with Gasteiger partial charge in [-0.05, 0) is 59.2 Å². The van der Waals surface area contributed by atoms with Crippen molar-refractivity contribution in [3.05, 3.63) is 35.4 Å². The number of benzene rings is 1. The summed E-state index contributed by atoms with van der Waals surface area (Å²) in [5, 5.41) is 2.35. The molecule has 0 heterocycles. The first-order valence-electron chi connectivity index (χ1n) is 7.98. The molecule has 0 aliphatic heterocycles. The quantitative estimate of drug-likeness (QED) is 0.784. The number of carbonyl (C=O) groups excluding carboxylic acids is 2. The van der Waals surface area contributed by atoms with Gasteiger partial charge in [0.2, 0.25) is 0 Å². The Balaban J connectivity index is 3.11. The van der Waals surface area contributed by atoms with Crippen molar-refractivity contribution in [2.75, 3.05) is 0 Å². The molecule has 1 N–H and O–H groups in total. The fourth-order valence-corrected chi connectivity index (χ4v) is 1.93. The lowest BCUT2D eigenvalue weighted by atomic mass is 10.0. The highest BCUT2D eigenvalue weighted by Gasteiger charge is 2.33. The summed E-state index contributed by atoms with van der Waals surface area (Å²) in [6, 6.07) is 2.61. The van der Waals surface area contributed by atoms with E-state index in [1.807, 2.05) is 0 Å². The molecule has 1 rings (SSSR count). The van der Waals surface area contributed by atoms with Crippen molar-refractivity contribution in [3.63, 3.8) is 0 Å². The number of hydrogen-bond acceptors (Lipinski definition) is 4. The Bertz CT molecular complexity index is 640. The third-order valence-corrected chi connectivity index (χ3v) is 2.87. The number of amides is 1. The number of carbonyl (C=O) groups is 2. The zero-order valence-corrected chi connectivity index (χ0v) is 15.7. The van der Waals surface area contributed by atoms with E-state index in [0.29, 0.717) is 0 Å². The minimum atomic E-state index is -4.50. The predicted molar refractivity (Wildman–Crippen MR) is 89.4 cm³/mol. The van der Waals surface area contributed by atoms with Crippen LogP contribution in [0.2, 0.25) is 0 Å². The lowest BCUT2D eigenvalue weighted by molar-refractivity contribution is -0.157. The van der Waals surface area contributed by atoms with Crippen LogP contribution in [0.3, 0.4) is 0 Å². The molecule has 0 aliphatic rings. The van der Waals surface area contributed by atoms with Crippen LogP contribution in [0.15, 0.2) is 24.3 Å². The number of alkyl halides is 3. The van der Waals surface area contributed by atoms with Crippen LogP contribution in [-0.4, -0.2) is 23.3 Å². The van der Waals surface area contributed by atoms with Crippen LogP contribution in [0.4, 0.5) is 18.0 Å². The highest BCUT2D eigenvalue weighted by atomic mass is 19.4. The number of ether oxygens (including phenoxy) is 2. The molecule has 8 heteroatoms. The summed E-state index contributed by atoms with van der Waals surface area (Å²) in [4.78, 5) is 24.4. The number of rotatable bonds is 3. The molecule has 1 atom stereocenters. The van der Waals surface area contributed by atoms with Crippen LogP contribution in [0, 0.1) is 0 Å². The maximum atomic E-state index is 12.7. The van der Waals surface area contributed by atoms with Gasteiger partial charge >= 0.3 is 18.2 Å². The van der Waals surface area contributed by atoms with Crippen LogP contribution < -0.4 is 5.32 Å². The van der Waals surface area contributed by atoms with Gasteiger partial charge in [0, 0.05) is 0 Å². The molecule has 0 saturated heterocycles. The molecule has 26 heavy (non-hydrogen) atoms. The average molecular weight is 375 g/mol. The molecule has 0 aliphatic carbocycles. The SMILES string of the molecule is CC(C)(C)OC(=O)N[C@H](C(=O)OC(C)(C)C)c1ccc(C(F)(F)F)cc1. The summed E-state index contributed by atoms with van der Waals surface area (Å²) in [5.41, 5.74) is -2.35. The summed E-state index contributed by atoms with van der Waals surface area (Å²) in [6.45, 7) is 9.86. The minimum Gasteiger partial charge on any atom is -0.458 e. The fourth-order valence-electron chi connectivity index (χ4n) is 1.93. The second-order valence-electron chi connectivity index (χ2n) is 7.73. The van der Waals surface area contributed by atoms with Crippen LogP contribution in [0.5, 0.6) is 0 Å². The smallest absolute Gasteiger partial charge is 0.416 e. The zero-order valence-electron chi connectivity index (χ0n) is 15.7. The molecule has 1 aromatic rings. The molecular weight excluding hydrogens is 351 g/mol. The van der Waals surface area contributed by atoms with Gasteiger partial charge in [0.15, 0.2) is 6.04 Å². The van der Waals surface area contributed by atoms with E-state index < -0.39 is 41.0 Å². The van der Waals surface area contributed by atoms with E-state index in [-0.39, 0.29) is 5.56 Å².